The van der Waals surface area contributed by atoms with Crippen LogP contribution in [0.1, 0.15) is 42.3 Å². The Morgan fingerprint density at radius 3 is 2.34 bits per heavy atom. The Bertz CT molecular complexity index is 954. The van der Waals surface area contributed by atoms with Crippen molar-refractivity contribution in [2.75, 3.05) is 18.4 Å². The van der Waals surface area contributed by atoms with Gasteiger partial charge in [0.2, 0.25) is 5.91 Å². The second-order valence-electron chi connectivity index (χ2n) is 7.62. The molecule has 3 aromatic rings. The molecule has 0 spiro atoms. The number of anilines is 1. The van der Waals surface area contributed by atoms with E-state index in [2.05, 4.69) is 89.4 Å². The van der Waals surface area contributed by atoms with Gasteiger partial charge in [-0.2, -0.15) is 0 Å². The van der Waals surface area contributed by atoms with E-state index in [0.29, 0.717) is 6.54 Å². The van der Waals surface area contributed by atoms with Crippen LogP contribution in [0.3, 0.4) is 0 Å². The zero-order valence-corrected chi connectivity index (χ0v) is 17.3. The maximum atomic E-state index is 13.1. The maximum absolute atomic E-state index is 13.1. The summed E-state index contributed by atoms with van der Waals surface area (Å²) < 4.78 is 2.30. The molecule has 4 nitrogen and oxygen atoms in total. The van der Waals surface area contributed by atoms with Crippen LogP contribution in [0.5, 0.6) is 0 Å². The number of hydrogen-bond donors (Lipinski definition) is 1. The summed E-state index contributed by atoms with van der Waals surface area (Å²) in [7, 11) is 0. The van der Waals surface area contributed by atoms with Gasteiger partial charge in [-0.1, -0.05) is 62.4 Å². The topological polar surface area (TPSA) is 37.3 Å². The second-order valence-corrected chi connectivity index (χ2v) is 7.62. The summed E-state index contributed by atoms with van der Waals surface area (Å²) >= 11 is 0. The number of aromatic nitrogens is 1. The number of nitrogens with one attached hydrogen (secondary N) is 1. The number of aryl methyl sites for hydroxylation is 2. The molecule has 2 aromatic carbocycles. The van der Waals surface area contributed by atoms with E-state index in [1.54, 1.807) is 0 Å². The second kappa shape index (κ2) is 8.66. The summed E-state index contributed by atoms with van der Waals surface area (Å²) in [6, 6.07) is 21.1. The van der Waals surface area contributed by atoms with Gasteiger partial charge in [-0.25, -0.2) is 0 Å². The van der Waals surface area contributed by atoms with Gasteiger partial charge in [0.15, 0.2) is 0 Å². The van der Waals surface area contributed by atoms with E-state index in [4.69, 9.17) is 0 Å². The number of carbonyl (C=O) groups is 1. The van der Waals surface area contributed by atoms with Crippen LogP contribution in [-0.2, 0) is 24.2 Å². The van der Waals surface area contributed by atoms with Gasteiger partial charge in [-0.05, 0) is 41.7 Å². The standard InChI is InChI=1S/C25H29N3O/c1-3-19-12-8-13-20(4-2)24(19)26-23(29)18-28-17-16-27-15-9-14-22(27)25(28)21-10-6-5-7-11-21/h5-15,25H,3-4,16-18H2,1-2H3,(H,26,29). The van der Waals surface area contributed by atoms with Crippen molar-refractivity contribution in [3.05, 3.63) is 89.2 Å². The lowest BCUT2D eigenvalue weighted by Crippen LogP contribution is -2.42. The van der Waals surface area contributed by atoms with Crippen LogP contribution in [0, 0.1) is 0 Å². The van der Waals surface area contributed by atoms with Crippen molar-refractivity contribution in [2.24, 2.45) is 0 Å². The Balaban J connectivity index is 1.58. The quantitative estimate of drug-likeness (QED) is 0.668. The van der Waals surface area contributed by atoms with E-state index in [1.165, 1.54) is 22.4 Å². The lowest BCUT2D eigenvalue weighted by molar-refractivity contribution is -0.118. The van der Waals surface area contributed by atoms with Gasteiger partial charge in [0.25, 0.3) is 0 Å². The molecule has 0 saturated carbocycles. The molecule has 150 valence electrons. The highest BCUT2D eigenvalue weighted by molar-refractivity contribution is 5.94. The molecule has 0 fully saturated rings. The zero-order chi connectivity index (χ0) is 20.2. The molecule has 1 aromatic heterocycles. The van der Waals surface area contributed by atoms with E-state index in [0.717, 1.165) is 31.6 Å². The van der Waals surface area contributed by atoms with Crippen LogP contribution in [-0.4, -0.2) is 28.5 Å². The van der Waals surface area contributed by atoms with Gasteiger partial charge in [0.1, 0.15) is 0 Å². The van der Waals surface area contributed by atoms with Gasteiger partial charge >= 0.3 is 0 Å². The van der Waals surface area contributed by atoms with E-state index < -0.39 is 0 Å². The Kier molecular flexibility index (Phi) is 5.81. The zero-order valence-electron chi connectivity index (χ0n) is 17.3. The first kappa shape index (κ1) is 19.5. The molecular formula is C25H29N3O. The summed E-state index contributed by atoms with van der Waals surface area (Å²) in [5.41, 5.74) is 5.87. The third-order valence-electron chi connectivity index (χ3n) is 5.86. The van der Waals surface area contributed by atoms with Gasteiger partial charge in [-0.15, -0.1) is 0 Å². The predicted octanol–water partition coefficient (Wildman–Crippen LogP) is 4.66. The van der Waals surface area contributed by atoms with Gasteiger partial charge in [-0.3, -0.25) is 9.69 Å². The molecule has 4 heteroatoms. The van der Waals surface area contributed by atoms with Crippen molar-refractivity contribution >= 4 is 11.6 Å². The van der Waals surface area contributed by atoms with Crippen LogP contribution in [0.15, 0.2) is 66.9 Å². The Hall–Kier alpha value is -2.85. The number of para-hydroxylation sites is 1. The summed E-state index contributed by atoms with van der Waals surface area (Å²) in [6.07, 6.45) is 3.95. The largest absolute Gasteiger partial charge is 0.348 e. The van der Waals surface area contributed by atoms with Crippen LogP contribution in [0.25, 0.3) is 0 Å². The smallest absolute Gasteiger partial charge is 0.238 e. The molecule has 1 aliphatic rings. The number of amides is 1. The van der Waals surface area contributed by atoms with Crippen molar-refractivity contribution in [3.63, 3.8) is 0 Å². The minimum Gasteiger partial charge on any atom is -0.348 e. The van der Waals surface area contributed by atoms with Crippen LogP contribution in [0.2, 0.25) is 0 Å². The number of benzene rings is 2. The average Bonchev–Trinajstić information content (AvgIpc) is 3.23. The number of carbonyl (C=O) groups excluding carboxylic acids is 1. The molecule has 1 aliphatic heterocycles. The third kappa shape index (κ3) is 3.99. The lowest BCUT2D eigenvalue weighted by atomic mass is 10.00. The predicted molar refractivity (Wildman–Crippen MR) is 118 cm³/mol. The Labute approximate surface area is 173 Å². The first-order valence-corrected chi connectivity index (χ1v) is 10.6. The molecule has 29 heavy (non-hydrogen) atoms. The van der Waals surface area contributed by atoms with Crippen molar-refractivity contribution < 1.29 is 4.79 Å². The van der Waals surface area contributed by atoms with Crippen molar-refractivity contribution in [3.8, 4) is 0 Å². The summed E-state index contributed by atoms with van der Waals surface area (Å²) in [5, 5.41) is 3.23. The minimum absolute atomic E-state index is 0.0570. The molecule has 0 aliphatic carbocycles. The van der Waals surface area contributed by atoms with Gasteiger partial charge in [0, 0.05) is 30.7 Å². The first-order valence-electron chi connectivity index (χ1n) is 10.6. The fourth-order valence-electron chi connectivity index (χ4n) is 4.39. The fraction of sp³-hybridized carbons (Fsp3) is 0.320. The van der Waals surface area contributed by atoms with E-state index >= 15 is 0 Å². The van der Waals surface area contributed by atoms with E-state index in [1.807, 2.05) is 6.07 Å². The highest BCUT2D eigenvalue weighted by Gasteiger charge is 2.30. The number of nitrogens with zero attached hydrogens (tertiary/aromatic N) is 2. The summed E-state index contributed by atoms with van der Waals surface area (Å²) in [6.45, 7) is 6.41. The molecule has 4 rings (SSSR count). The molecule has 1 N–H and O–H groups in total. The number of fused-ring (bicyclic) bond motifs is 1. The number of rotatable bonds is 6. The Morgan fingerprint density at radius 2 is 1.66 bits per heavy atom. The van der Waals surface area contributed by atoms with Crippen molar-refractivity contribution in [1.82, 2.24) is 9.47 Å². The SMILES string of the molecule is CCc1cccc(CC)c1NC(=O)CN1CCn2cccc2C1c1ccccc1. The molecule has 1 atom stereocenters. The molecular weight excluding hydrogens is 358 g/mol. The monoisotopic (exact) mass is 387 g/mol. The fourth-order valence-corrected chi connectivity index (χ4v) is 4.39. The van der Waals surface area contributed by atoms with Crippen LogP contribution in [0.4, 0.5) is 5.69 Å². The van der Waals surface area contributed by atoms with Crippen LogP contribution >= 0.6 is 0 Å². The Morgan fingerprint density at radius 1 is 0.931 bits per heavy atom. The molecule has 1 amide bonds. The van der Waals surface area contributed by atoms with E-state index in [9.17, 15) is 4.79 Å². The van der Waals surface area contributed by atoms with Crippen molar-refractivity contribution in [2.45, 2.75) is 39.3 Å². The van der Waals surface area contributed by atoms with E-state index in [-0.39, 0.29) is 11.9 Å². The third-order valence-corrected chi connectivity index (χ3v) is 5.86. The van der Waals surface area contributed by atoms with Gasteiger partial charge in [0.05, 0.1) is 12.6 Å². The average molecular weight is 388 g/mol. The minimum atomic E-state index is 0.0570. The van der Waals surface area contributed by atoms with Crippen LogP contribution < -0.4 is 5.32 Å². The molecule has 1 unspecified atom stereocenters. The van der Waals surface area contributed by atoms with Crippen molar-refractivity contribution in [1.29, 1.82) is 0 Å². The molecule has 0 bridgehead atoms. The number of hydrogen-bond acceptors (Lipinski definition) is 2. The highest BCUT2D eigenvalue weighted by atomic mass is 16.2. The molecule has 0 radical (unpaired) electrons. The molecule has 0 saturated heterocycles. The molecule has 2 heterocycles. The highest BCUT2D eigenvalue weighted by Crippen LogP contribution is 2.32. The summed E-state index contributed by atoms with van der Waals surface area (Å²) in [5.74, 6) is 0.0570. The maximum Gasteiger partial charge on any atom is 0.238 e. The normalized spacial score (nSPS) is 16.4. The first-order chi connectivity index (χ1) is 14.2. The summed E-state index contributed by atoms with van der Waals surface area (Å²) in [4.78, 5) is 15.4. The van der Waals surface area contributed by atoms with Gasteiger partial charge < -0.3 is 9.88 Å². The lowest BCUT2D eigenvalue weighted by Gasteiger charge is -2.37.